The first-order chi connectivity index (χ1) is 9.81. The van der Waals surface area contributed by atoms with E-state index in [4.69, 9.17) is 0 Å². The molecule has 6 heteroatoms. The quantitative estimate of drug-likeness (QED) is 0.571. The van der Waals surface area contributed by atoms with E-state index in [0.717, 1.165) is 16.1 Å². The molecule has 3 nitrogen and oxygen atoms in total. The zero-order valence-electron chi connectivity index (χ0n) is 10.3. The lowest BCUT2D eigenvalue weighted by Gasteiger charge is -1.95. The highest BCUT2D eigenvalue weighted by atomic mass is 32.1. The third-order valence-corrected chi connectivity index (χ3v) is 4.09. The molecule has 20 heavy (non-hydrogen) atoms. The van der Waals surface area contributed by atoms with Crippen LogP contribution in [0.25, 0.3) is 11.3 Å². The van der Waals surface area contributed by atoms with Crippen molar-refractivity contribution >= 4 is 34.0 Å². The number of nitrogens with one attached hydrogen (secondary N) is 1. The van der Waals surface area contributed by atoms with E-state index in [0.29, 0.717) is 5.13 Å². The SMILES string of the molecule is Fc1ccc(-c2csc(NN=Cc3cccs3)n2)cc1. The number of thiazole rings is 1. The Balaban J connectivity index is 1.69. The Morgan fingerprint density at radius 1 is 1.15 bits per heavy atom. The summed E-state index contributed by atoms with van der Waals surface area (Å²) < 4.78 is 12.9. The molecule has 0 aliphatic rings. The average Bonchev–Trinajstić information content (AvgIpc) is 3.11. The molecule has 100 valence electrons. The Bertz CT molecular complexity index is 702. The van der Waals surface area contributed by atoms with Crippen LogP contribution >= 0.6 is 22.7 Å². The molecule has 0 saturated heterocycles. The van der Waals surface area contributed by atoms with Gasteiger partial charge in [-0.05, 0) is 35.7 Å². The van der Waals surface area contributed by atoms with Gasteiger partial charge in [0.25, 0.3) is 0 Å². The normalized spacial score (nSPS) is 11.1. The van der Waals surface area contributed by atoms with Gasteiger partial charge in [-0.2, -0.15) is 5.10 Å². The second kappa shape index (κ2) is 5.94. The fourth-order valence-electron chi connectivity index (χ4n) is 1.59. The number of thiophene rings is 1. The maximum absolute atomic E-state index is 12.9. The second-order valence-corrected chi connectivity index (χ2v) is 5.77. The van der Waals surface area contributed by atoms with E-state index in [2.05, 4.69) is 15.5 Å². The van der Waals surface area contributed by atoms with Gasteiger partial charge in [-0.3, -0.25) is 5.43 Å². The van der Waals surface area contributed by atoms with Crippen LogP contribution in [-0.2, 0) is 0 Å². The summed E-state index contributed by atoms with van der Waals surface area (Å²) in [6, 6.07) is 10.2. The van der Waals surface area contributed by atoms with Gasteiger partial charge in [0, 0.05) is 15.8 Å². The van der Waals surface area contributed by atoms with Crippen molar-refractivity contribution in [2.75, 3.05) is 5.43 Å². The lowest BCUT2D eigenvalue weighted by Crippen LogP contribution is -1.88. The minimum absolute atomic E-state index is 0.247. The van der Waals surface area contributed by atoms with E-state index in [9.17, 15) is 4.39 Å². The molecule has 0 spiro atoms. The number of aromatic nitrogens is 1. The van der Waals surface area contributed by atoms with Crippen LogP contribution in [-0.4, -0.2) is 11.2 Å². The van der Waals surface area contributed by atoms with Crippen LogP contribution in [0, 0.1) is 5.82 Å². The largest absolute Gasteiger partial charge is 0.253 e. The Hall–Kier alpha value is -2.05. The Kier molecular flexibility index (Phi) is 3.85. The number of benzene rings is 1. The Morgan fingerprint density at radius 2 is 2.00 bits per heavy atom. The fraction of sp³-hybridized carbons (Fsp3) is 0. The van der Waals surface area contributed by atoms with Crippen molar-refractivity contribution in [3.8, 4) is 11.3 Å². The number of nitrogens with zero attached hydrogens (tertiary/aromatic N) is 2. The zero-order chi connectivity index (χ0) is 13.8. The molecule has 0 radical (unpaired) electrons. The number of anilines is 1. The van der Waals surface area contributed by atoms with Gasteiger partial charge in [-0.1, -0.05) is 6.07 Å². The van der Waals surface area contributed by atoms with E-state index in [1.807, 2.05) is 22.9 Å². The van der Waals surface area contributed by atoms with Gasteiger partial charge in [0.2, 0.25) is 5.13 Å². The average molecular weight is 303 g/mol. The smallest absolute Gasteiger partial charge is 0.203 e. The fourth-order valence-corrected chi connectivity index (χ4v) is 2.85. The summed E-state index contributed by atoms with van der Waals surface area (Å²) in [5.41, 5.74) is 4.59. The third kappa shape index (κ3) is 3.09. The van der Waals surface area contributed by atoms with Gasteiger partial charge >= 0.3 is 0 Å². The minimum Gasteiger partial charge on any atom is -0.253 e. The summed E-state index contributed by atoms with van der Waals surface area (Å²) in [7, 11) is 0. The van der Waals surface area contributed by atoms with Crippen molar-refractivity contribution in [1.82, 2.24) is 4.98 Å². The van der Waals surface area contributed by atoms with E-state index < -0.39 is 0 Å². The van der Waals surface area contributed by atoms with Crippen LogP contribution in [0.1, 0.15) is 4.88 Å². The van der Waals surface area contributed by atoms with E-state index in [1.54, 1.807) is 29.7 Å². The van der Waals surface area contributed by atoms with Crippen LogP contribution in [0.15, 0.2) is 52.3 Å². The molecule has 2 aromatic heterocycles. The number of hydrogen-bond acceptors (Lipinski definition) is 5. The highest BCUT2D eigenvalue weighted by molar-refractivity contribution is 7.14. The van der Waals surface area contributed by atoms with Crippen molar-refractivity contribution in [2.45, 2.75) is 0 Å². The summed E-state index contributed by atoms with van der Waals surface area (Å²) >= 11 is 3.08. The molecule has 2 heterocycles. The molecule has 3 rings (SSSR count). The summed E-state index contributed by atoms with van der Waals surface area (Å²) in [6.07, 6.45) is 1.75. The van der Waals surface area contributed by atoms with Gasteiger partial charge in [0.05, 0.1) is 11.9 Å². The van der Waals surface area contributed by atoms with Crippen LogP contribution in [0.3, 0.4) is 0 Å². The van der Waals surface area contributed by atoms with Crippen molar-refractivity contribution in [3.05, 3.63) is 57.9 Å². The summed E-state index contributed by atoms with van der Waals surface area (Å²) in [5, 5.41) is 8.74. The second-order valence-electron chi connectivity index (χ2n) is 3.93. The highest BCUT2D eigenvalue weighted by Crippen LogP contribution is 2.24. The van der Waals surface area contributed by atoms with Crippen LogP contribution < -0.4 is 5.43 Å². The van der Waals surface area contributed by atoms with Crippen molar-refractivity contribution < 1.29 is 4.39 Å². The first-order valence-corrected chi connectivity index (χ1v) is 7.61. The molecule has 1 N–H and O–H groups in total. The zero-order valence-corrected chi connectivity index (χ0v) is 11.9. The maximum atomic E-state index is 12.9. The molecule has 3 aromatic rings. The monoisotopic (exact) mass is 303 g/mol. The van der Waals surface area contributed by atoms with Crippen LogP contribution in [0.4, 0.5) is 9.52 Å². The highest BCUT2D eigenvalue weighted by Gasteiger charge is 2.03. The molecule has 0 fully saturated rings. The van der Waals surface area contributed by atoms with E-state index >= 15 is 0 Å². The van der Waals surface area contributed by atoms with E-state index in [1.165, 1.54) is 23.5 Å². The molecule has 0 aliphatic carbocycles. The molecule has 0 aliphatic heterocycles. The summed E-state index contributed by atoms with van der Waals surface area (Å²) in [6.45, 7) is 0. The van der Waals surface area contributed by atoms with Crippen molar-refractivity contribution in [2.24, 2.45) is 5.10 Å². The topological polar surface area (TPSA) is 37.3 Å². The predicted octanol–water partition coefficient (Wildman–Crippen LogP) is 4.46. The van der Waals surface area contributed by atoms with Crippen molar-refractivity contribution in [3.63, 3.8) is 0 Å². The van der Waals surface area contributed by atoms with Gasteiger partial charge in [0.15, 0.2) is 0 Å². The van der Waals surface area contributed by atoms with Gasteiger partial charge < -0.3 is 0 Å². The number of halogens is 1. The molecule has 0 saturated carbocycles. The number of hydrogen-bond donors (Lipinski definition) is 1. The van der Waals surface area contributed by atoms with Gasteiger partial charge in [-0.15, -0.1) is 22.7 Å². The first kappa shape index (κ1) is 13.0. The molecular formula is C14H10FN3S2. The summed E-state index contributed by atoms with van der Waals surface area (Å²) in [4.78, 5) is 5.48. The predicted molar refractivity (Wildman–Crippen MR) is 83.0 cm³/mol. The van der Waals surface area contributed by atoms with E-state index in [-0.39, 0.29) is 5.82 Å². The Morgan fingerprint density at radius 3 is 2.75 bits per heavy atom. The summed E-state index contributed by atoms with van der Waals surface area (Å²) in [5.74, 6) is -0.247. The van der Waals surface area contributed by atoms with Gasteiger partial charge in [-0.25, -0.2) is 9.37 Å². The molecule has 0 amide bonds. The van der Waals surface area contributed by atoms with Crippen LogP contribution in [0.2, 0.25) is 0 Å². The molecular weight excluding hydrogens is 293 g/mol. The maximum Gasteiger partial charge on any atom is 0.203 e. The molecule has 0 atom stereocenters. The number of hydrazone groups is 1. The molecule has 0 unspecified atom stereocenters. The lowest BCUT2D eigenvalue weighted by molar-refractivity contribution is 0.628. The number of rotatable bonds is 4. The standard InChI is InChI=1S/C14H10FN3S2/c15-11-5-3-10(4-6-11)13-9-20-14(17-13)18-16-8-12-2-1-7-19-12/h1-9H,(H,17,18). The third-order valence-electron chi connectivity index (χ3n) is 2.54. The van der Waals surface area contributed by atoms with Crippen LogP contribution in [0.5, 0.6) is 0 Å². The van der Waals surface area contributed by atoms with Crippen molar-refractivity contribution in [1.29, 1.82) is 0 Å². The lowest BCUT2D eigenvalue weighted by atomic mass is 10.2. The Labute approximate surface area is 123 Å². The first-order valence-electron chi connectivity index (χ1n) is 5.85. The molecule has 1 aromatic carbocycles. The minimum atomic E-state index is -0.247. The molecule has 0 bridgehead atoms. The van der Waals surface area contributed by atoms with Gasteiger partial charge in [0.1, 0.15) is 5.82 Å².